The van der Waals surface area contributed by atoms with E-state index >= 15 is 0 Å². The summed E-state index contributed by atoms with van der Waals surface area (Å²) in [6.45, 7) is 8.02. The largest absolute Gasteiger partial charge is 0.465 e. The van der Waals surface area contributed by atoms with Crippen LogP contribution in [-0.4, -0.2) is 24.7 Å². The molecule has 0 amide bonds. The molecule has 98 valence electrons. The van der Waals surface area contributed by atoms with Crippen molar-refractivity contribution in [1.82, 2.24) is 5.32 Å². The van der Waals surface area contributed by atoms with Crippen LogP contribution in [0.5, 0.6) is 0 Å². The Balaban J connectivity index is 2.52. The summed E-state index contributed by atoms with van der Waals surface area (Å²) in [4.78, 5) is 11.8. The van der Waals surface area contributed by atoms with Crippen LogP contribution in [-0.2, 0) is 9.53 Å². The average Bonchev–Trinajstić information content (AvgIpc) is 2.54. The van der Waals surface area contributed by atoms with Crippen molar-refractivity contribution in [3.8, 4) is 0 Å². The van der Waals surface area contributed by atoms with E-state index < -0.39 is 0 Å². The van der Waals surface area contributed by atoms with Crippen molar-refractivity contribution >= 4 is 5.97 Å². The van der Waals surface area contributed by atoms with Crippen molar-refractivity contribution in [2.45, 2.75) is 64.5 Å². The number of hydrogen-bond acceptors (Lipinski definition) is 3. The van der Waals surface area contributed by atoms with E-state index in [-0.39, 0.29) is 12.0 Å². The summed E-state index contributed by atoms with van der Waals surface area (Å²) in [5.41, 5.74) is 0.840. The van der Waals surface area contributed by atoms with Crippen LogP contribution in [0.25, 0.3) is 0 Å². The van der Waals surface area contributed by atoms with E-state index in [0.29, 0.717) is 12.6 Å². The van der Waals surface area contributed by atoms with Crippen molar-refractivity contribution < 1.29 is 9.53 Å². The highest BCUT2D eigenvalue weighted by molar-refractivity contribution is 5.79. The smallest absolute Gasteiger partial charge is 0.327 e. The molecule has 0 heterocycles. The van der Waals surface area contributed by atoms with Crippen LogP contribution in [0.2, 0.25) is 0 Å². The molecule has 1 aliphatic carbocycles. The molecule has 0 aliphatic heterocycles. The van der Waals surface area contributed by atoms with Gasteiger partial charge in [-0.1, -0.05) is 37.8 Å². The molecule has 0 radical (unpaired) electrons. The SMILES string of the molecule is C=C(C)C(NC1CCCCCC1)C(=O)OCC. The van der Waals surface area contributed by atoms with Crippen molar-refractivity contribution in [2.24, 2.45) is 0 Å². The van der Waals surface area contributed by atoms with E-state index in [9.17, 15) is 4.79 Å². The molecule has 1 fully saturated rings. The molecule has 0 aromatic carbocycles. The van der Waals surface area contributed by atoms with E-state index in [0.717, 1.165) is 18.4 Å². The van der Waals surface area contributed by atoms with Crippen molar-refractivity contribution in [2.75, 3.05) is 6.61 Å². The van der Waals surface area contributed by atoms with Gasteiger partial charge < -0.3 is 4.74 Å². The van der Waals surface area contributed by atoms with Gasteiger partial charge in [-0.2, -0.15) is 0 Å². The van der Waals surface area contributed by atoms with Crippen LogP contribution in [0.15, 0.2) is 12.2 Å². The van der Waals surface area contributed by atoms with Crippen LogP contribution in [0.1, 0.15) is 52.4 Å². The van der Waals surface area contributed by atoms with Crippen LogP contribution in [0, 0.1) is 0 Å². The van der Waals surface area contributed by atoms with E-state index in [1.165, 1.54) is 25.7 Å². The second-order valence-corrected chi connectivity index (χ2v) is 4.89. The molecule has 1 unspecified atom stereocenters. The number of esters is 1. The van der Waals surface area contributed by atoms with Gasteiger partial charge in [-0.05, 0) is 26.7 Å². The standard InChI is InChI=1S/C14H25NO2/c1-4-17-14(16)13(11(2)3)15-12-9-7-5-6-8-10-12/h12-13,15H,2,4-10H2,1,3H3. The topological polar surface area (TPSA) is 38.3 Å². The van der Waals surface area contributed by atoms with Gasteiger partial charge in [0.25, 0.3) is 0 Å². The first-order valence-electron chi connectivity index (χ1n) is 6.73. The molecular formula is C14H25NO2. The van der Waals surface area contributed by atoms with Crippen molar-refractivity contribution in [3.05, 3.63) is 12.2 Å². The van der Waals surface area contributed by atoms with E-state index in [1.807, 2.05) is 13.8 Å². The molecule has 0 aromatic heterocycles. The monoisotopic (exact) mass is 239 g/mol. The minimum atomic E-state index is -0.335. The number of nitrogens with one attached hydrogen (secondary N) is 1. The summed E-state index contributed by atoms with van der Waals surface area (Å²) in [6, 6.07) is 0.0988. The molecule has 3 nitrogen and oxygen atoms in total. The van der Waals surface area contributed by atoms with Gasteiger partial charge in [0, 0.05) is 6.04 Å². The average molecular weight is 239 g/mol. The second kappa shape index (κ2) is 7.49. The summed E-state index contributed by atoms with van der Waals surface area (Å²) >= 11 is 0. The number of carbonyl (C=O) groups is 1. The molecule has 17 heavy (non-hydrogen) atoms. The van der Waals surface area contributed by atoms with E-state index in [4.69, 9.17) is 4.74 Å². The highest BCUT2D eigenvalue weighted by Crippen LogP contribution is 2.18. The minimum absolute atomic E-state index is 0.191. The lowest BCUT2D eigenvalue weighted by Crippen LogP contribution is -2.44. The molecule has 1 N–H and O–H groups in total. The Labute approximate surface area is 105 Å². The Kier molecular flexibility index (Phi) is 6.27. The lowest BCUT2D eigenvalue weighted by Gasteiger charge is -2.23. The first kappa shape index (κ1) is 14.2. The number of hydrogen-bond donors (Lipinski definition) is 1. The summed E-state index contributed by atoms with van der Waals surface area (Å²) < 4.78 is 5.08. The Morgan fingerprint density at radius 3 is 2.41 bits per heavy atom. The fraction of sp³-hybridized carbons (Fsp3) is 0.786. The highest BCUT2D eigenvalue weighted by atomic mass is 16.5. The second-order valence-electron chi connectivity index (χ2n) is 4.89. The van der Waals surface area contributed by atoms with Gasteiger partial charge in [0.15, 0.2) is 0 Å². The Bertz CT molecular complexity index is 255. The van der Waals surface area contributed by atoms with Crippen LogP contribution in [0.3, 0.4) is 0 Å². The number of carbonyl (C=O) groups excluding carboxylic acids is 1. The van der Waals surface area contributed by atoms with E-state index in [2.05, 4.69) is 11.9 Å². The third kappa shape index (κ3) is 4.90. The summed E-state index contributed by atoms with van der Waals surface area (Å²) in [6.07, 6.45) is 7.45. The molecule has 0 aromatic rings. The molecule has 0 bridgehead atoms. The summed E-state index contributed by atoms with van der Waals surface area (Å²) in [5, 5.41) is 3.41. The maximum Gasteiger partial charge on any atom is 0.327 e. The maximum absolute atomic E-state index is 11.8. The van der Waals surface area contributed by atoms with Gasteiger partial charge in [0.2, 0.25) is 0 Å². The number of rotatable bonds is 5. The van der Waals surface area contributed by atoms with Gasteiger partial charge in [-0.15, -0.1) is 0 Å². The quantitative estimate of drug-likeness (QED) is 0.455. The normalized spacial score (nSPS) is 19.4. The highest BCUT2D eigenvalue weighted by Gasteiger charge is 2.24. The third-order valence-corrected chi connectivity index (χ3v) is 3.27. The molecule has 3 heteroatoms. The van der Waals surface area contributed by atoms with Gasteiger partial charge in [-0.25, -0.2) is 4.79 Å². The molecule has 0 saturated heterocycles. The lowest BCUT2D eigenvalue weighted by molar-refractivity contribution is -0.144. The summed E-state index contributed by atoms with van der Waals surface area (Å²) in [5.74, 6) is -0.191. The fourth-order valence-corrected chi connectivity index (χ4v) is 2.32. The van der Waals surface area contributed by atoms with Gasteiger partial charge in [-0.3, -0.25) is 5.32 Å². The number of ether oxygens (including phenoxy) is 1. The third-order valence-electron chi connectivity index (χ3n) is 3.27. The molecule has 1 aliphatic rings. The van der Waals surface area contributed by atoms with Gasteiger partial charge >= 0.3 is 5.97 Å². The maximum atomic E-state index is 11.8. The zero-order valence-electron chi connectivity index (χ0n) is 11.1. The molecular weight excluding hydrogens is 214 g/mol. The summed E-state index contributed by atoms with van der Waals surface area (Å²) in [7, 11) is 0. The fourth-order valence-electron chi connectivity index (χ4n) is 2.32. The molecule has 1 saturated carbocycles. The zero-order valence-corrected chi connectivity index (χ0v) is 11.1. The Morgan fingerprint density at radius 2 is 1.94 bits per heavy atom. The van der Waals surface area contributed by atoms with Crippen LogP contribution in [0.4, 0.5) is 0 Å². The van der Waals surface area contributed by atoms with Gasteiger partial charge in [0.05, 0.1) is 6.61 Å². The first-order valence-corrected chi connectivity index (χ1v) is 6.73. The minimum Gasteiger partial charge on any atom is -0.465 e. The first-order chi connectivity index (χ1) is 8.15. The van der Waals surface area contributed by atoms with Crippen molar-refractivity contribution in [1.29, 1.82) is 0 Å². The Morgan fingerprint density at radius 1 is 1.35 bits per heavy atom. The molecule has 0 spiro atoms. The van der Waals surface area contributed by atoms with E-state index in [1.54, 1.807) is 0 Å². The van der Waals surface area contributed by atoms with Crippen LogP contribution < -0.4 is 5.32 Å². The predicted molar refractivity (Wildman–Crippen MR) is 69.9 cm³/mol. The molecule has 1 atom stereocenters. The lowest BCUT2D eigenvalue weighted by atomic mass is 10.0. The zero-order chi connectivity index (χ0) is 12.7. The Hall–Kier alpha value is -0.830. The van der Waals surface area contributed by atoms with Gasteiger partial charge in [0.1, 0.15) is 6.04 Å². The molecule has 1 rings (SSSR count). The van der Waals surface area contributed by atoms with Crippen LogP contribution >= 0.6 is 0 Å². The van der Waals surface area contributed by atoms with Crippen molar-refractivity contribution in [3.63, 3.8) is 0 Å². The predicted octanol–water partition coefficient (Wildman–Crippen LogP) is 2.81.